The van der Waals surface area contributed by atoms with Gasteiger partial charge in [-0.25, -0.2) is 4.79 Å². The lowest BCUT2D eigenvalue weighted by Crippen LogP contribution is -2.58. The van der Waals surface area contributed by atoms with Gasteiger partial charge in [0.25, 0.3) is 0 Å². The summed E-state index contributed by atoms with van der Waals surface area (Å²) in [6, 6.07) is 1.35. The van der Waals surface area contributed by atoms with E-state index in [0.29, 0.717) is 23.9 Å². The number of nitrogens with two attached hydrogens (primary N) is 1. The number of hydrogen-bond acceptors (Lipinski definition) is 7. The number of amides is 2. The van der Waals surface area contributed by atoms with Crippen LogP contribution in [0.2, 0.25) is 0 Å². The van der Waals surface area contributed by atoms with Crippen molar-refractivity contribution in [1.82, 2.24) is 30.8 Å². The smallest absolute Gasteiger partial charge is 0.320 e. The molecule has 9 nitrogen and oxygen atoms in total. The van der Waals surface area contributed by atoms with Crippen molar-refractivity contribution < 1.29 is 9.63 Å². The average Bonchev–Trinajstić information content (AvgIpc) is 3.26. The molecular weight excluding hydrogens is 358 g/mol. The minimum Gasteiger partial charge on any atom is -0.330 e. The van der Waals surface area contributed by atoms with Crippen LogP contribution in [0.15, 0.2) is 0 Å². The molecular formula is C19H37N7O2. The zero-order valence-electron chi connectivity index (χ0n) is 17.4. The maximum atomic E-state index is 12.1. The van der Waals surface area contributed by atoms with Gasteiger partial charge in [0.2, 0.25) is 0 Å². The topological polar surface area (TPSA) is 98.1 Å². The van der Waals surface area contributed by atoms with Crippen molar-refractivity contribution >= 4 is 6.03 Å². The number of urea groups is 1. The summed E-state index contributed by atoms with van der Waals surface area (Å²) in [6.07, 6.45) is 3.46. The Hall–Kier alpha value is -0.970. The summed E-state index contributed by atoms with van der Waals surface area (Å²) in [5.41, 5.74) is 9.27. The Morgan fingerprint density at radius 2 is 2.11 bits per heavy atom. The quantitative estimate of drug-likeness (QED) is 0.499. The van der Waals surface area contributed by atoms with Gasteiger partial charge in [0.15, 0.2) is 6.35 Å². The lowest BCUT2D eigenvalue weighted by Gasteiger charge is -2.40. The second-order valence-electron chi connectivity index (χ2n) is 9.23. The van der Waals surface area contributed by atoms with Crippen LogP contribution in [-0.2, 0) is 4.84 Å². The van der Waals surface area contributed by atoms with E-state index in [1.165, 1.54) is 0 Å². The van der Waals surface area contributed by atoms with E-state index in [0.717, 1.165) is 52.0 Å². The summed E-state index contributed by atoms with van der Waals surface area (Å²) in [5, 5.41) is 7.37. The number of nitrogens with zero attached hydrogens (tertiary/aromatic N) is 3. The second-order valence-corrected chi connectivity index (χ2v) is 9.23. The van der Waals surface area contributed by atoms with Crippen LogP contribution < -0.4 is 21.8 Å². The van der Waals surface area contributed by atoms with Crippen molar-refractivity contribution in [2.75, 3.05) is 39.8 Å². The van der Waals surface area contributed by atoms with Crippen LogP contribution in [0.3, 0.4) is 0 Å². The summed E-state index contributed by atoms with van der Waals surface area (Å²) in [6.45, 7) is 8.40. The monoisotopic (exact) mass is 395 g/mol. The first-order valence-electron chi connectivity index (χ1n) is 10.9. The van der Waals surface area contributed by atoms with Gasteiger partial charge in [-0.2, -0.15) is 5.48 Å². The molecule has 3 saturated heterocycles. The summed E-state index contributed by atoms with van der Waals surface area (Å²) in [4.78, 5) is 24.2. The molecule has 5 N–H and O–H groups in total. The SMILES string of the molecule is CC(C)NC1CC(C2NOC(N3CCN4C(=O)N(C)CC4C3)N2)CCC1CN. The molecule has 160 valence electrons. The maximum Gasteiger partial charge on any atom is 0.320 e. The Kier molecular flexibility index (Phi) is 6.10. The zero-order chi connectivity index (χ0) is 19.8. The van der Waals surface area contributed by atoms with Crippen molar-refractivity contribution in [3.8, 4) is 0 Å². The van der Waals surface area contributed by atoms with Gasteiger partial charge in [-0.15, -0.1) is 0 Å². The highest BCUT2D eigenvalue weighted by atomic mass is 16.7. The number of fused-ring (bicyclic) bond motifs is 1. The predicted molar refractivity (Wildman–Crippen MR) is 107 cm³/mol. The highest BCUT2D eigenvalue weighted by Crippen LogP contribution is 2.32. The first-order valence-corrected chi connectivity index (χ1v) is 10.9. The van der Waals surface area contributed by atoms with Crippen molar-refractivity contribution in [3.05, 3.63) is 0 Å². The first kappa shape index (κ1) is 20.3. The van der Waals surface area contributed by atoms with E-state index in [1.807, 2.05) is 16.8 Å². The van der Waals surface area contributed by atoms with E-state index in [2.05, 4.69) is 34.9 Å². The Bertz CT molecular complexity index is 562. The second kappa shape index (κ2) is 8.41. The largest absolute Gasteiger partial charge is 0.330 e. The lowest BCUT2D eigenvalue weighted by molar-refractivity contribution is -0.0910. The van der Waals surface area contributed by atoms with Gasteiger partial charge in [-0.05, 0) is 37.6 Å². The van der Waals surface area contributed by atoms with Crippen LogP contribution in [0.5, 0.6) is 0 Å². The highest BCUT2D eigenvalue weighted by Gasteiger charge is 2.44. The molecule has 1 saturated carbocycles. The maximum absolute atomic E-state index is 12.1. The molecule has 4 aliphatic rings. The van der Waals surface area contributed by atoms with Gasteiger partial charge in [-0.3, -0.25) is 15.1 Å². The molecule has 3 heterocycles. The molecule has 0 aromatic rings. The van der Waals surface area contributed by atoms with Crippen LogP contribution in [0.4, 0.5) is 4.79 Å². The molecule has 4 rings (SSSR count). The van der Waals surface area contributed by atoms with E-state index in [-0.39, 0.29) is 24.6 Å². The standard InChI is InChI=1S/C19H37N7O2/c1-12(2)21-16-8-13(4-5-14(16)9-20)17-22-18(28-23-17)25-6-7-26-15(11-25)10-24(3)19(26)27/h12-18,21-23H,4-11,20H2,1-3H3. The van der Waals surface area contributed by atoms with Gasteiger partial charge in [0.05, 0.1) is 12.2 Å². The van der Waals surface area contributed by atoms with Gasteiger partial charge in [0, 0.05) is 45.3 Å². The number of carbonyl (C=O) groups is 1. The molecule has 0 aromatic carbocycles. The number of rotatable bonds is 5. The Labute approximate surface area is 168 Å². The number of nitrogens with one attached hydrogen (secondary N) is 3. The highest BCUT2D eigenvalue weighted by molar-refractivity contribution is 5.77. The molecule has 6 atom stereocenters. The molecule has 1 aliphatic carbocycles. The summed E-state index contributed by atoms with van der Waals surface area (Å²) in [5.74, 6) is 1.08. The molecule has 9 heteroatoms. The van der Waals surface area contributed by atoms with Gasteiger partial charge in [0.1, 0.15) is 0 Å². The van der Waals surface area contributed by atoms with Gasteiger partial charge >= 0.3 is 6.03 Å². The fourth-order valence-electron chi connectivity index (χ4n) is 5.37. The molecule has 0 radical (unpaired) electrons. The van der Waals surface area contributed by atoms with E-state index in [9.17, 15) is 4.79 Å². The van der Waals surface area contributed by atoms with E-state index >= 15 is 0 Å². The minimum absolute atomic E-state index is 0.128. The van der Waals surface area contributed by atoms with Crippen LogP contribution in [0, 0.1) is 11.8 Å². The molecule has 2 amide bonds. The molecule has 28 heavy (non-hydrogen) atoms. The number of carbonyl (C=O) groups excluding carboxylic acids is 1. The molecule has 6 unspecified atom stereocenters. The minimum atomic E-state index is -0.128. The van der Waals surface area contributed by atoms with Crippen molar-refractivity contribution in [2.24, 2.45) is 17.6 Å². The number of hydroxylamine groups is 1. The van der Waals surface area contributed by atoms with Crippen molar-refractivity contribution in [3.63, 3.8) is 0 Å². The molecule has 4 fully saturated rings. The van der Waals surface area contributed by atoms with Gasteiger partial charge in [-0.1, -0.05) is 13.8 Å². The van der Waals surface area contributed by atoms with Crippen molar-refractivity contribution in [1.29, 1.82) is 0 Å². The third-order valence-electron chi connectivity index (χ3n) is 6.89. The van der Waals surface area contributed by atoms with Crippen LogP contribution in [-0.4, -0.2) is 91.1 Å². The molecule has 0 bridgehead atoms. The first-order chi connectivity index (χ1) is 13.5. The molecule has 0 spiro atoms. The van der Waals surface area contributed by atoms with Crippen molar-refractivity contribution in [2.45, 2.75) is 63.8 Å². The van der Waals surface area contributed by atoms with E-state index < -0.39 is 0 Å². The van der Waals surface area contributed by atoms with E-state index in [4.69, 9.17) is 10.6 Å². The Morgan fingerprint density at radius 1 is 1.29 bits per heavy atom. The number of piperazine rings is 1. The van der Waals surface area contributed by atoms with Crippen LogP contribution in [0.25, 0.3) is 0 Å². The Morgan fingerprint density at radius 3 is 2.86 bits per heavy atom. The predicted octanol–water partition coefficient (Wildman–Crippen LogP) is -0.486. The van der Waals surface area contributed by atoms with Crippen LogP contribution >= 0.6 is 0 Å². The summed E-state index contributed by atoms with van der Waals surface area (Å²) < 4.78 is 0. The van der Waals surface area contributed by atoms with Gasteiger partial charge < -0.3 is 20.9 Å². The number of likely N-dealkylation sites (N-methyl/N-ethyl adjacent to an activating group) is 1. The fourth-order valence-corrected chi connectivity index (χ4v) is 5.37. The molecule has 0 aromatic heterocycles. The molecule has 3 aliphatic heterocycles. The third-order valence-corrected chi connectivity index (χ3v) is 6.89. The summed E-state index contributed by atoms with van der Waals surface area (Å²) >= 11 is 0. The normalized spacial score (nSPS) is 39.8. The van der Waals surface area contributed by atoms with E-state index in [1.54, 1.807) is 0 Å². The Balaban J connectivity index is 1.31. The fraction of sp³-hybridized carbons (Fsp3) is 0.947. The number of hydrogen-bond donors (Lipinski definition) is 4. The zero-order valence-corrected chi connectivity index (χ0v) is 17.4. The van der Waals surface area contributed by atoms with Crippen LogP contribution in [0.1, 0.15) is 33.1 Å². The average molecular weight is 396 g/mol. The third kappa shape index (κ3) is 4.01. The lowest BCUT2D eigenvalue weighted by atomic mass is 9.76. The summed E-state index contributed by atoms with van der Waals surface area (Å²) in [7, 11) is 1.88.